The van der Waals surface area contributed by atoms with Crippen LogP contribution in [0.5, 0.6) is 23.0 Å². The number of benzene rings is 3. The Morgan fingerprint density at radius 2 is 1.66 bits per heavy atom. The van der Waals surface area contributed by atoms with Gasteiger partial charge in [0, 0.05) is 34.5 Å². The zero-order chi connectivity index (χ0) is 29.9. The zero-order valence-electron chi connectivity index (χ0n) is 23.9. The number of hydrogen-bond donors (Lipinski definition) is 1. The lowest BCUT2D eigenvalue weighted by Crippen LogP contribution is -2.32. The molecule has 0 unspecified atom stereocenters. The molecule has 3 aromatic rings. The van der Waals surface area contributed by atoms with Crippen LogP contribution in [0.4, 0.5) is 11.4 Å². The minimum Gasteiger partial charge on any atom is -0.496 e. The number of methoxy groups -OCH3 is 2. The van der Waals surface area contributed by atoms with E-state index in [0.29, 0.717) is 23.5 Å². The number of fused-ring (bicyclic) bond motifs is 1. The Balaban J connectivity index is 1.84. The predicted molar refractivity (Wildman–Crippen MR) is 158 cm³/mol. The molecule has 41 heavy (non-hydrogen) atoms. The van der Waals surface area contributed by atoms with Crippen LogP contribution >= 0.6 is 0 Å². The number of nitro groups is 1. The van der Waals surface area contributed by atoms with Crippen molar-refractivity contribution >= 4 is 27.1 Å². The minimum atomic E-state index is -3.73. The maximum atomic E-state index is 12.3. The molecule has 0 atom stereocenters. The van der Waals surface area contributed by atoms with Gasteiger partial charge in [-0.1, -0.05) is 19.1 Å². The second-order valence-electron chi connectivity index (χ2n) is 10.3. The van der Waals surface area contributed by atoms with Crippen molar-refractivity contribution in [2.24, 2.45) is 0 Å². The van der Waals surface area contributed by atoms with Gasteiger partial charge in [0.05, 0.1) is 36.5 Å². The van der Waals surface area contributed by atoms with Crippen molar-refractivity contribution in [3.8, 4) is 34.1 Å². The van der Waals surface area contributed by atoms with Crippen molar-refractivity contribution in [3.05, 3.63) is 75.8 Å². The Morgan fingerprint density at radius 1 is 0.951 bits per heavy atom. The first-order valence-corrected chi connectivity index (χ1v) is 14.7. The third-order valence-corrected chi connectivity index (χ3v) is 7.97. The second kappa shape index (κ2) is 11.7. The summed E-state index contributed by atoms with van der Waals surface area (Å²) in [6, 6.07) is 13.0. The molecule has 1 aliphatic rings. The van der Waals surface area contributed by atoms with E-state index < -0.39 is 15.0 Å². The fraction of sp³-hybridized carbons (Fsp3) is 0.333. The molecule has 0 aliphatic carbocycles. The predicted octanol–water partition coefficient (Wildman–Crippen LogP) is 6.58. The van der Waals surface area contributed by atoms with E-state index in [1.807, 2.05) is 19.1 Å². The number of rotatable bonds is 11. The van der Waals surface area contributed by atoms with Crippen LogP contribution in [-0.2, 0) is 16.7 Å². The van der Waals surface area contributed by atoms with Crippen LogP contribution in [0.15, 0.2) is 54.6 Å². The molecule has 1 aliphatic heterocycles. The van der Waals surface area contributed by atoms with E-state index in [1.54, 1.807) is 25.1 Å². The van der Waals surface area contributed by atoms with Gasteiger partial charge in [-0.05, 0) is 62.6 Å². The lowest BCUT2D eigenvalue weighted by atomic mass is 9.85. The maximum absolute atomic E-state index is 12.3. The van der Waals surface area contributed by atoms with Gasteiger partial charge in [-0.3, -0.25) is 10.1 Å². The largest absolute Gasteiger partial charge is 0.496 e. The third kappa shape index (κ3) is 6.57. The van der Waals surface area contributed by atoms with Crippen molar-refractivity contribution in [1.29, 1.82) is 0 Å². The van der Waals surface area contributed by atoms with Crippen LogP contribution in [0, 0.1) is 10.1 Å². The quantitative estimate of drug-likeness (QED) is 0.151. The number of nitro benzene ring substituents is 1. The Hall–Kier alpha value is -4.25. The average Bonchev–Trinajstić information content (AvgIpc) is 2.90. The summed E-state index contributed by atoms with van der Waals surface area (Å²) in [5, 5.41) is 15.0. The highest BCUT2D eigenvalue weighted by Crippen LogP contribution is 2.44. The number of hydrogen-bond acceptors (Lipinski definition) is 9. The molecule has 0 radical (unpaired) electrons. The van der Waals surface area contributed by atoms with E-state index >= 15 is 0 Å². The second-order valence-corrected chi connectivity index (χ2v) is 12.0. The normalized spacial score (nSPS) is 13.9. The number of ether oxygens (including phenoxy) is 3. The smallest absolute Gasteiger partial charge is 0.309 e. The Morgan fingerprint density at radius 3 is 2.32 bits per heavy atom. The molecule has 218 valence electrons. The summed E-state index contributed by atoms with van der Waals surface area (Å²) in [7, 11) is -0.761. The van der Waals surface area contributed by atoms with E-state index in [4.69, 9.17) is 18.4 Å². The number of anilines is 1. The fourth-order valence-electron chi connectivity index (χ4n) is 5.03. The molecular formula is C30H34N2O8S. The highest BCUT2D eigenvalue weighted by atomic mass is 32.2. The van der Waals surface area contributed by atoms with Crippen LogP contribution in [0.2, 0.25) is 0 Å². The van der Waals surface area contributed by atoms with Crippen molar-refractivity contribution in [3.63, 3.8) is 0 Å². The van der Waals surface area contributed by atoms with Crippen molar-refractivity contribution < 1.29 is 31.7 Å². The number of non-ortho nitro benzene ring substituents is 1. The van der Waals surface area contributed by atoms with Crippen molar-refractivity contribution in [2.45, 2.75) is 46.3 Å². The first-order valence-electron chi connectivity index (χ1n) is 13.1. The molecule has 1 N–H and O–H groups in total. The SMILES string of the molecule is CCCS(=O)(=O)Oc1ccc(-c2ccc3c(c2COc2cc([N+](=O)[O-])ccc2OC)C(C)=CC(C)(C)N3)c(OC)c1. The van der Waals surface area contributed by atoms with Gasteiger partial charge in [0.2, 0.25) is 0 Å². The van der Waals surface area contributed by atoms with E-state index in [2.05, 4.69) is 25.2 Å². The lowest BCUT2D eigenvalue weighted by molar-refractivity contribution is -0.385. The van der Waals surface area contributed by atoms with Crippen molar-refractivity contribution in [2.75, 3.05) is 25.3 Å². The van der Waals surface area contributed by atoms with Crippen LogP contribution in [-0.4, -0.2) is 38.9 Å². The van der Waals surface area contributed by atoms with Gasteiger partial charge in [0.15, 0.2) is 11.5 Å². The first kappa shape index (κ1) is 29.7. The molecular weight excluding hydrogens is 548 g/mol. The monoisotopic (exact) mass is 582 g/mol. The van der Waals surface area contributed by atoms with Gasteiger partial charge >= 0.3 is 10.1 Å². The fourth-order valence-corrected chi connectivity index (χ4v) is 6.01. The third-order valence-electron chi connectivity index (χ3n) is 6.61. The summed E-state index contributed by atoms with van der Waals surface area (Å²) < 4.78 is 47.0. The summed E-state index contributed by atoms with van der Waals surface area (Å²) in [6.45, 7) is 7.99. The lowest BCUT2D eigenvalue weighted by Gasteiger charge is -2.33. The minimum absolute atomic E-state index is 0.0512. The van der Waals surface area contributed by atoms with Crippen LogP contribution < -0.4 is 23.7 Å². The molecule has 10 nitrogen and oxygen atoms in total. The highest BCUT2D eigenvalue weighted by Gasteiger charge is 2.27. The molecule has 0 saturated carbocycles. The molecule has 11 heteroatoms. The molecule has 0 amide bonds. The van der Waals surface area contributed by atoms with Crippen LogP contribution in [0.3, 0.4) is 0 Å². The first-order chi connectivity index (χ1) is 19.4. The topological polar surface area (TPSA) is 126 Å². The summed E-state index contributed by atoms with van der Waals surface area (Å²) in [4.78, 5) is 10.9. The molecule has 3 aromatic carbocycles. The van der Waals surface area contributed by atoms with Gasteiger partial charge in [-0.2, -0.15) is 8.42 Å². The van der Waals surface area contributed by atoms with Gasteiger partial charge in [0.25, 0.3) is 5.69 Å². The summed E-state index contributed by atoms with van der Waals surface area (Å²) in [6.07, 6.45) is 2.56. The summed E-state index contributed by atoms with van der Waals surface area (Å²) in [5.41, 5.74) is 4.75. The summed E-state index contributed by atoms with van der Waals surface area (Å²) >= 11 is 0. The Kier molecular flexibility index (Phi) is 8.48. The molecule has 0 fully saturated rings. The van der Waals surface area contributed by atoms with Gasteiger partial charge in [0.1, 0.15) is 18.1 Å². The molecule has 0 aromatic heterocycles. The summed E-state index contributed by atoms with van der Waals surface area (Å²) in [5.74, 6) is 1.05. The standard InChI is InChI=1S/C30H34N2O8S/c1-7-14-41(35,36)40-21-9-10-23(27(16-21)38-6)22-11-12-25-29(19(2)17-30(3,4)31-25)24(22)18-39-28-15-20(32(33)34)8-13-26(28)37-5/h8-13,15-17,31H,7,14,18H2,1-6H3. The van der Waals surface area contributed by atoms with Gasteiger partial charge in [-0.25, -0.2) is 0 Å². The zero-order valence-corrected chi connectivity index (χ0v) is 24.8. The number of nitrogens with one attached hydrogen (secondary N) is 1. The van der Waals surface area contributed by atoms with Crippen LogP contribution in [0.1, 0.15) is 45.2 Å². The van der Waals surface area contributed by atoms with Gasteiger partial charge < -0.3 is 23.7 Å². The molecule has 0 saturated heterocycles. The molecule has 0 bridgehead atoms. The van der Waals surface area contributed by atoms with E-state index in [9.17, 15) is 18.5 Å². The number of nitrogens with zero attached hydrogens (tertiary/aromatic N) is 1. The molecule has 1 heterocycles. The Bertz CT molecular complexity index is 1610. The Labute approximate surface area is 240 Å². The highest BCUT2D eigenvalue weighted by molar-refractivity contribution is 7.87. The molecule has 0 spiro atoms. The van der Waals surface area contributed by atoms with E-state index in [-0.39, 0.29) is 35.1 Å². The average molecular weight is 583 g/mol. The van der Waals surface area contributed by atoms with E-state index in [0.717, 1.165) is 28.0 Å². The maximum Gasteiger partial charge on any atom is 0.309 e. The van der Waals surface area contributed by atoms with E-state index in [1.165, 1.54) is 32.4 Å². The van der Waals surface area contributed by atoms with Crippen molar-refractivity contribution in [1.82, 2.24) is 0 Å². The van der Waals surface area contributed by atoms with Gasteiger partial charge in [-0.15, -0.1) is 0 Å². The number of allylic oxidation sites excluding steroid dienone is 1. The van der Waals surface area contributed by atoms with Crippen LogP contribution in [0.25, 0.3) is 16.7 Å². The molecule has 4 rings (SSSR count).